The second kappa shape index (κ2) is 7.15. The first-order chi connectivity index (χ1) is 11.2. The van der Waals surface area contributed by atoms with E-state index in [9.17, 15) is 0 Å². The lowest BCUT2D eigenvalue weighted by molar-refractivity contribution is 0.246. The molecule has 0 aliphatic heterocycles. The van der Waals surface area contributed by atoms with Gasteiger partial charge in [0, 0.05) is 55.7 Å². The van der Waals surface area contributed by atoms with Crippen LogP contribution in [0.1, 0.15) is 18.2 Å². The molecule has 1 atom stereocenters. The van der Waals surface area contributed by atoms with E-state index in [0.717, 1.165) is 24.3 Å². The molecular formula is C18H21N5. The van der Waals surface area contributed by atoms with Gasteiger partial charge >= 0.3 is 0 Å². The molecule has 2 heterocycles. The van der Waals surface area contributed by atoms with Gasteiger partial charge < -0.3 is 4.57 Å². The largest absolute Gasteiger partial charge is 0.306 e. The molecule has 23 heavy (non-hydrogen) atoms. The van der Waals surface area contributed by atoms with E-state index >= 15 is 0 Å². The number of likely N-dealkylation sites (N-methyl/N-ethyl adjacent to an activating group) is 1. The Hall–Kier alpha value is -2.53. The maximum Gasteiger partial charge on any atom is 0.0991 e. The highest BCUT2D eigenvalue weighted by atomic mass is 15.1. The van der Waals surface area contributed by atoms with E-state index in [0.29, 0.717) is 6.04 Å². The molecule has 2 aromatic heterocycles. The molecule has 0 amide bonds. The average molecular weight is 307 g/mol. The summed E-state index contributed by atoms with van der Waals surface area (Å²) in [5, 5.41) is 0. The summed E-state index contributed by atoms with van der Waals surface area (Å²) in [4.78, 5) is 14.9. The highest BCUT2D eigenvalue weighted by Gasteiger charge is 2.11. The van der Waals surface area contributed by atoms with E-state index in [1.165, 1.54) is 5.56 Å². The van der Waals surface area contributed by atoms with Gasteiger partial charge in [0.05, 0.1) is 12.0 Å². The van der Waals surface area contributed by atoms with Crippen LogP contribution in [0.2, 0.25) is 0 Å². The van der Waals surface area contributed by atoms with Gasteiger partial charge in [0.2, 0.25) is 0 Å². The summed E-state index contributed by atoms with van der Waals surface area (Å²) in [5.74, 6) is 0. The lowest BCUT2D eigenvalue weighted by Gasteiger charge is -2.24. The summed E-state index contributed by atoms with van der Waals surface area (Å²) in [6.07, 6.45) is 11.7. The number of hydrogen-bond acceptors (Lipinski definition) is 4. The van der Waals surface area contributed by atoms with Crippen LogP contribution in [0.5, 0.6) is 0 Å². The van der Waals surface area contributed by atoms with Crippen molar-refractivity contribution < 1.29 is 0 Å². The fraction of sp³-hybridized carbons (Fsp3) is 0.278. The molecule has 0 saturated carbocycles. The van der Waals surface area contributed by atoms with E-state index in [1.807, 2.05) is 23.3 Å². The van der Waals surface area contributed by atoms with Gasteiger partial charge in [0.1, 0.15) is 0 Å². The number of nitrogens with zero attached hydrogens (tertiary/aromatic N) is 5. The average Bonchev–Trinajstić information content (AvgIpc) is 3.11. The Labute approximate surface area is 136 Å². The fourth-order valence-corrected chi connectivity index (χ4v) is 2.52. The molecule has 5 nitrogen and oxygen atoms in total. The van der Waals surface area contributed by atoms with Crippen LogP contribution in [0.3, 0.4) is 0 Å². The smallest absolute Gasteiger partial charge is 0.0991 e. The van der Waals surface area contributed by atoms with Crippen LogP contribution in [0.15, 0.2) is 61.6 Å². The molecule has 0 bridgehead atoms. The number of imidazole rings is 1. The van der Waals surface area contributed by atoms with Gasteiger partial charge in [0.15, 0.2) is 0 Å². The summed E-state index contributed by atoms with van der Waals surface area (Å²) in [6, 6.07) is 8.98. The molecule has 0 fully saturated rings. The van der Waals surface area contributed by atoms with Gasteiger partial charge in [-0.05, 0) is 31.7 Å². The third kappa shape index (κ3) is 4.02. The van der Waals surface area contributed by atoms with Crippen molar-refractivity contribution in [3.8, 4) is 5.69 Å². The van der Waals surface area contributed by atoms with Gasteiger partial charge in [-0.2, -0.15) is 0 Å². The number of benzene rings is 1. The van der Waals surface area contributed by atoms with E-state index in [2.05, 4.69) is 58.1 Å². The van der Waals surface area contributed by atoms with Crippen molar-refractivity contribution in [2.75, 3.05) is 7.05 Å². The highest BCUT2D eigenvalue weighted by molar-refractivity contribution is 5.34. The van der Waals surface area contributed by atoms with Gasteiger partial charge in [-0.15, -0.1) is 0 Å². The maximum absolute atomic E-state index is 4.35. The van der Waals surface area contributed by atoms with Crippen LogP contribution in [-0.4, -0.2) is 37.5 Å². The molecule has 0 saturated heterocycles. The van der Waals surface area contributed by atoms with Crippen molar-refractivity contribution in [1.82, 2.24) is 24.4 Å². The topological polar surface area (TPSA) is 46.8 Å². The van der Waals surface area contributed by atoms with Crippen molar-refractivity contribution in [2.24, 2.45) is 0 Å². The Morgan fingerprint density at radius 3 is 2.57 bits per heavy atom. The first-order valence-electron chi connectivity index (χ1n) is 7.75. The molecule has 0 unspecified atom stereocenters. The predicted octanol–water partition coefficient (Wildman–Crippen LogP) is 2.73. The minimum atomic E-state index is 0.403. The van der Waals surface area contributed by atoms with Crippen molar-refractivity contribution >= 4 is 0 Å². The maximum atomic E-state index is 4.35. The van der Waals surface area contributed by atoms with E-state index in [1.54, 1.807) is 18.6 Å². The SMILES string of the molecule is C[C@@H](Cc1cnccn1)N(C)Cc1ccc(-n2ccnc2)cc1. The summed E-state index contributed by atoms with van der Waals surface area (Å²) >= 11 is 0. The summed E-state index contributed by atoms with van der Waals surface area (Å²) in [7, 11) is 2.14. The molecule has 1 aromatic carbocycles. The van der Waals surface area contributed by atoms with E-state index in [4.69, 9.17) is 0 Å². The first-order valence-corrected chi connectivity index (χ1v) is 7.75. The minimum Gasteiger partial charge on any atom is -0.306 e. The Morgan fingerprint density at radius 1 is 1.09 bits per heavy atom. The van der Waals surface area contributed by atoms with Crippen molar-refractivity contribution in [2.45, 2.75) is 25.9 Å². The molecule has 0 spiro atoms. The monoisotopic (exact) mass is 307 g/mol. The number of hydrogen-bond donors (Lipinski definition) is 0. The highest BCUT2D eigenvalue weighted by Crippen LogP contribution is 2.13. The Balaban J connectivity index is 1.60. The standard InChI is InChI=1S/C18H21N5/c1-15(11-17-12-19-7-8-21-17)22(2)13-16-3-5-18(6-4-16)23-10-9-20-14-23/h3-10,12,14-15H,11,13H2,1-2H3/t15-/m0/s1. The molecule has 0 aliphatic carbocycles. The van der Waals surface area contributed by atoms with Gasteiger partial charge in [-0.25, -0.2) is 4.98 Å². The zero-order chi connectivity index (χ0) is 16.1. The fourth-order valence-electron chi connectivity index (χ4n) is 2.52. The molecule has 118 valence electrons. The Kier molecular flexibility index (Phi) is 4.78. The predicted molar refractivity (Wildman–Crippen MR) is 90.2 cm³/mol. The second-order valence-corrected chi connectivity index (χ2v) is 5.80. The van der Waals surface area contributed by atoms with Crippen LogP contribution in [0, 0.1) is 0 Å². The number of rotatable bonds is 6. The zero-order valence-corrected chi connectivity index (χ0v) is 13.5. The summed E-state index contributed by atoms with van der Waals surface area (Å²) in [6.45, 7) is 3.13. The molecule has 3 rings (SSSR count). The molecule has 3 aromatic rings. The third-order valence-electron chi connectivity index (χ3n) is 4.04. The normalized spacial score (nSPS) is 12.5. The lowest BCUT2D eigenvalue weighted by Crippen LogP contribution is -2.30. The van der Waals surface area contributed by atoms with Gasteiger partial charge in [-0.1, -0.05) is 12.1 Å². The third-order valence-corrected chi connectivity index (χ3v) is 4.04. The van der Waals surface area contributed by atoms with Crippen LogP contribution in [-0.2, 0) is 13.0 Å². The first kappa shape index (κ1) is 15.4. The van der Waals surface area contributed by atoms with Crippen LogP contribution in [0.25, 0.3) is 5.69 Å². The van der Waals surface area contributed by atoms with E-state index < -0.39 is 0 Å². The zero-order valence-electron chi connectivity index (χ0n) is 13.5. The van der Waals surface area contributed by atoms with Crippen LogP contribution in [0.4, 0.5) is 0 Å². The van der Waals surface area contributed by atoms with Gasteiger partial charge in [0.25, 0.3) is 0 Å². The van der Waals surface area contributed by atoms with E-state index in [-0.39, 0.29) is 0 Å². The minimum absolute atomic E-state index is 0.403. The van der Waals surface area contributed by atoms with Gasteiger partial charge in [-0.3, -0.25) is 14.9 Å². The molecular weight excluding hydrogens is 286 g/mol. The van der Waals surface area contributed by atoms with Crippen LogP contribution >= 0.6 is 0 Å². The van der Waals surface area contributed by atoms with Crippen molar-refractivity contribution in [3.63, 3.8) is 0 Å². The van der Waals surface area contributed by atoms with Crippen molar-refractivity contribution in [1.29, 1.82) is 0 Å². The summed E-state index contributed by atoms with van der Waals surface area (Å²) < 4.78 is 2.00. The second-order valence-electron chi connectivity index (χ2n) is 5.80. The van der Waals surface area contributed by atoms with Crippen LogP contribution < -0.4 is 0 Å². The molecule has 5 heteroatoms. The Bertz CT molecular complexity index is 707. The lowest BCUT2D eigenvalue weighted by atomic mass is 10.1. The Morgan fingerprint density at radius 2 is 1.91 bits per heavy atom. The summed E-state index contributed by atoms with van der Waals surface area (Å²) in [5.41, 5.74) is 3.45. The number of aromatic nitrogens is 4. The quantitative estimate of drug-likeness (QED) is 0.702. The van der Waals surface area contributed by atoms with Crippen molar-refractivity contribution in [3.05, 3.63) is 72.8 Å². The molecule has 0 N–H and O–H groups in total. The molecule has 0 aliphatic rings. The molecule has 0 radical (unpaired) electrons.